The van der Waals surface area contributed by atoms with E-state index < -0.39 is 23.4 Å². The van der Waals surface area contributed by atoms with Crippen molar-refractivity contribution in [1.82, 2.24) is 9.80 Å². The number of carbonyl (C=O) groups excluding carboxylic acids is 2. The molecule has 0 spiro atoms. The first-order valence-corrected chi connectivity index (χ1v) is 8.02. The number of urea groups is 1. The van der Waals surface area contributed by atoms with Crippen molar-refractivity contribution in [3.05, 3.63) is 29.8 Å². The highest BCUT2D eigenvalue weighted by Gasteiger charge is 2.57. The van der Waals surface area contributed by atoms with E-state index in [1.54, 1.807) is 24.3 Å². The van der Waals surface area contributed by atoms with Gasteiger partial charge in [-0.05, 0) is 19.2 Å². The van der Waals surface area contributed by atoms with Crippen molar-refractivity contribution in [2.75, 3.05) is 45.7 Å². The Kier molecular flexibility index (Phi) is 4.38. The summed E-state index contributed by atoms with van der Waals surface area (Å²) < 4.78 is 4.72. The minimum atomic E-state index is -0.923. The fraction of sp³-hybridized carbons (Fsp3) is 0.471. The maximum Gasteiger partial charge on any atom is 0.339 e. The minimum Gasteiger partial charge on any atom is -0.481 e. The average molecular weight is 347 g/mol. The monoisotopic (exact) mass is 347 g/mol. The van der Waals surface area contributed by atoms with E-state index in [1.807, 2.05) is 11.9 Å². The van der Waals surface area contributed by atoms with Gasteiger partial charge in [0.15, 0.2) is 0 Å². The molecule has 1 aromatic carbocycles. The molecule has 0 bridgehead atoms. The number of fused-ring (bicyclic) bond motifs is 1. The number of hydrogen-bond donors (Lipinski definition) is 2. The fourth-order valence-corrected chi connectivity index (χ4v) is 3.85. The summed E-state index contributed by atoms with van der Waals surface area (Å²) in [4.78, 5) is 39.7. The fourth-order valence-electron chi connectivity index (χ4n) is 3.85. The first-order valence-electron chi connectivity index (χ1n) is 8.02. The molecule has 2 atom stereocenters. The van der Waals surface area contributed by atoms with Crippen LogP contribution in [0.5, 0.6) is 0 Å². The van der Waals surface area contributed by atoms with Gasteiger partial charge in [0.25, 0.3) is 0 Å². The van der Waals surface area contributed by atoms with Crippen LogP contribution in [0.3, 0.4) is 0 Å². The third-order valence-corrected chi connectivity index (χ3v) is 5.07. The highest BCUT2D eigenvalue weighted by atomic mass is 16.5. The number of anilines is 1. The lowest BCUT2D eigenvalue weighted by atomic mass is 9.81. The number of para-hydroxylation sites is 1. The molecular formula is C17H21N3O5. The summed E-state index contributed by atoms with van der Waals surface area (Å²) in [6.07, 6.45) is 0. The van der Waals surface area contributed by atoms with E-state index in [2.05, 4.69) is 5.32 Å². The van der Waals surface area contributed by atoms with Gasteiger partial charge in [-0.3, -0.25) is 4.79 Å². The summed E-state index contributed by atoms with van der Waals surface area (Å²) in [6.45, 7) is 1.61. The normalized spacial score (nSPS) is 25.5. The largest absolute Gasteiger partial charge is 0.481 e. The van der Waals surface area contributed by atoms with Gasteiger partial charge in [0, 0.05) is 32.1 Å². The zero-order chi connectivity index (χ0) is 18.2. The second-order valence-electron chi connectivity index (χ2n) is 6.70. The number of rotatable bonds is 3. The summed E-state index contributed by atoms with van der Waals surface area (Å²) in [5.41, 5.74) is -0.322. The van der Waals surface area contributed by atoms with Gasteiger partial charge in [-0.25, -0.2) is 9.59 Å². The smallest absolute Gasteiger partial charge is 0.339 e. The molecule has 134 valence electrons. The lowest BCUT2D eigenvalue weighted by Gasteiger charge is -2.24. The molecule has 2 saturated heterocycles. The van der Waals surface area contributed by atoms with Gasteiger partial charge in [-0.15, -0.1) is 0 Å². The van der Waals surface area contributed by atoms with E-state index in [-0.39, 0.29) is 18.0 Å². The summed E-state index contributed by atoms with van der Waals surface area (Å²) in [7, 11) is 3.16. The Hall–Kier alpha value is -2.61. The van der Waals surface area contributed by atoms with E-state index in [1.165, 1.54) is 12.0 Å². The van der Waals surface area contributed by atoms with Gasteiger partial charge < -0.3 is 25.0 Å². The van der Waals surface area contributed by atoms with E-state index in [0.29, 0.717) is 25.3 Å². The third-order valence-electron chi connectivity index (χ3n) is 5.07. The van der Waals surface area contributed by atoms with Crippen LogP contribution in [0, 0.1) is 11.3 Å². The molecule has 2 aliphatic heterocycles. The number of benzene rings is 1. The maximum absolute atomic E-state index is 12.6. The molecule has 2 heterocycles. The molecule has 2 aliphatic rings. The van der Waals surface area contributed by atoms with Gasteiger partial charge in [0.1, 0.15) is 5.41 Å². The Labute approximate surface area is 145 Å². The number of aliphatic carboxylic acids is 1. The average Bonchev–Trinajstić information content (AvgIpc) is 3.08. The summed E-state index contributed by atoms with van der Waals surface area (Å²) in [6, 6.07) is 6.15. The number of esters is 1. The Bertz CT molecular complexity index is 722. The van der Waals surface area contributed by atoms with Gasteiger partial charge in [0.05, 0.1) is 18.4 Å². The molecule has 1 aromatic rings. The first kappa shape index (κ1) is 17.2. The van der Waals surface area contributed by atoms with Crippen molar-refractivity contribution in [3.63, 3.8) is 0 Å². The number of hydrogen-bond acceptors (Lipinski definition) is 5. The quantitative estimate of drug-likeness (QED) is 0.790. The molecule has 25 heavy (non-hydrogen) atoms. The van der Waals surface area contributed by atoms with E-state index in [0.717, 1.165) is 0 Å². The highest BCUT2D eigenvalue weighted by molar-refractivity contribution is 6.01. The van der Waals surface area contributed by atoms with Gasteiger partial charge in [-0.1, -0.05) is 12.1 Å². The maximum atomic E-state index is 12.6. The van der Waals surface area contributed by atoms with Crippen LogP contribution in [-0.4, -0.2) is 73.2 Å². The number of carbonyl (C=O) groups is 3. The molecular weight excluding hydrogens is 326 g/mol. The molecule has 2 amide bonds. The molecule has 3 rings (SSSR count). The number of nitrogens with one attached hydrogen (secondary N) is 1. The molecule has 2 fully saturated rings. The standard InChI is InChI=1S/C17H21N3O5/c1-19-7-11-8-20(10-17(11,9-19)15(22)23)16(24)18-13-6-4-3-5-12(13)14(21)25-2/h3-6,11H,7-10H2,1-2H3,(H,18,24)(H,22,23)/t11-,17-/m0/s1. The third kappa shape index (κ3) is 2.93. The number of methoxy groups -OCH3 is 1. The van der Waals surface area contributed by atoms with Crippen LogP contribution in [0.15, 0.2) is 24.3 Å². The Morgan fingerprint density at radius 2 is 1.96 bits per heavy atom. The molecule has 2 N–H and O–H groups in total. The second-order valence-corrected chi connectivity index (χ2v) is 6.70. The Morgan fingerprint density at radius 1 is 1.24 bits per heavy atom. The van der Waals surface area contributed by atoms with Gasteiger partial charge >= 0.3 is 18.0 Å². The van der Waals surface area contributed by atoms with Gasteiger partial charge in [-0.2, -0.15) is 0 Å². The van der Waals surface area contributed by atoms with Crippen LogP contribution in [-0.2, 0) is 9.53 Å². The van der Waals surface area contributed by atoms with E-state index in [9.17, 15) is 19.5 Å². The molecule has 0 radical (unpaired) electrons. The second kappa shape index (κ2) is 6.36. The van der Waals surface area contributed by atoms with Gasteiger partial charge in [0.2, 0.25) is 0 Å². The Balaban J connectivity index is 1.76. The zero-order valence-electron chi connectivity index (χ0n) is 14.2. The van der Waals surface area contributed by atoms with Crippen molar-refractivity contribution >= 4 is 23.7 Å². The number of ether oxygens (including phenoxy) is 1. The highest BCUT2D eigenvalue weighted by Crippen LogP contribution is 2.42. The molecule has 0 saturated carbocycles. The predicted molar refractivity (Wildman–Crippen MR) is 89.4 cm³/mol. The number of likely N-dealkylation sites (tertiary alicyclic amines) is 2. The van der Waals surface area contributed by atoms with Crippen molar-refractivity contribution in [2.45, 2.75) is 0 Å². The number of carboxylic acids is 1. The van der Waals surface area contributed by atoms with E-state index in [4.69, 9.17) is 4.74 Å². The van der Waals surface area contributed by atoms with Crippen molar-refractivity contribution in [1.29, 1.82) is 0 Å². The van der Waals surface area contributed by atoms with Crippen LogP contribution in [0.25, 0.3) is 0 Å². The van der Waals surface area contributed by atoms with Crippen molar-refractivity contribution < 1.29 is 24.2 Å². The SMILES string of the molecule is COC(=O)c1ccccc1NC(=O)N1C[C@@H]2CN(C)C[C@]2(C(=O)O)C1. The number of amides is 2. The summed E-state index contributed by atoms with van der Waals surface area (Å²) >= 11 is 0. The van der Waals surface area contributed by atoms with Crippen LogP contribution in [0.2, 0.25) is 0 Å². The lowest BCUT2D eigenvalue weighted by Crippen LogP contribution is -2.42. The zero-order valence-corrected chi connectivity index (χ0v) is 14.2. The van der Waals surface area contributed by atoms with Crippen LogP contribution < -0.4 is 5.32 Å². The van der Waals surface area contributed by atoms with Crippen molar-refractivity contribution in [2.24, 2.45) is 11.3 Å². The molecule has 8 heteroatoms. The minimum absolute atomic E-state index is 0.100. The Morgan fingerprint density at radius 3 is 2.60 bits per heavy atom. The van der Waals surface area contributed by atoms with Crippen LogP contribution in [0.4, 0.5) is 10.5 Å². The first-order chi connectivity index (χ1) is 11.9. The molecule has 0 aromatic heterocycles. The molecule has 8 nitrogen and oxygen atoms in total. The van der Waals surface area contributed by atoms with Crippen LogP contribution in [0.1, 0.15) is 10.4 Å². The predicted octanol–water partition coefficient (Wildman–Crippen LogP) is 0.953. The topological polar surface area (TPSA) is 99.2 Å². The molecule has 0 aliphatic carbocycles. The number of carboxylic acid groups (broad SMARTS) is 1. The van der Waals surface area contributed by atoms with Crippen molar-refractivity contribution in [3.8, 4) is 0 Å². The number of nitrogens with zero attached hydrogens (tertiary/aromatic N) is 2. The van der Waals surface area contributed by atoms with E-state index >= 15 is 0 Å². The lowest BCUT2D eigenvalue weighted by molar-refractivity contribution is -0.148. The molecule has 0 unspecified atom stereocenters. The summed E-state index contributed by atoms with van der Waals surface area (Å²) in [5, 5.41) is 12.4. The van der Waals surface area contributed by atoms with Crippen LogP contribution >= 0.6 is 0 Å². The summed E-state index contributed by atoms with van der Waals surface area (Å²) in [5.74, 6) is -1.51.